The first-order valence-electron chi connectivity index (χ1n) is 10.7. The molecule has 0 spiro atoms. The monoisotopic (exact) mass is 514 g/mol. The minimum absolute atomic E-state index is 0.0499. The Kier molecular flexibility index (Phi) is 7.26. The molecule has 184 valence electrons. The van der Waals surface area contributed by atoms with Gasteiger partial charge in [0.15, 0.2) is 0 Å². The molecule has 0 aromatic heterocycles. The smallest absolute Gasteiger partial charge is 0.258 e. The summed E-state index contributed by atoms with van der Waals surface area (Å²) in [4.78, 5) is 29.5. The topological polar surface area (TPSA) is 145 Å². The van der Waals surface area contributed by atoms with E-state index >= 15 is 0 Å². The highest BCUT2D eigenvalue weighted by Crippen LogP contribution is 2.25. The van der Waals surface area contributed by atoms with E-state index in [-0.39, 0.29) is 21.2 Å². The molecule has 10 nitrogen and oxygen atoms in total. The quantitative estimate of drug-likeness (QED) is 0.164. The molecule has 0 radical (unpaired) electrons. The van der Waals surface area contributed by atoms with Gasteiger partial charge in [-0.15, -0.1) is 0 Å². The molecule has 0 bridgehead atoms. The largest absolute Gasteiger partial charge is 0.270 e. The van der Waals surface area contributed by atoms with Gasteiger partial charge in [0.2, 0.25) is 9.84 Å². The molecule has 0 saturated carbocycles. The van der Waals surface area contributed by atoms with E-state index in [4.69, 9.17) is 0 Å². The van der Waals surface area contributed by atoms with Crippen LogP contribution in [-0.2, 0) is 9.84 Å². The van der Waals surface area contributed by atoms with Gasteiger partial charge in [-0.1, -0.05) is 24.3 Å². The second-order valence-corrected chi connectivity index (χ2v) is 9.66. The van der Waals surface area contributed by atoms with Crippen molar-refractivity contribution in [1.82, 2.24) is 0 Å². The average Bonchev–Trinajstić information content (AvgIpc) is 2.91. The summed E-state index contributed by atoms with van der Waals surface area (Å²) in [5, 5.41) is 21.8. The van der Waals surface area contributed by atoms with Crippen molar-refractivity contribution in [3.63, 3.8) is 0 Å². The molecular weight excluding hydrogens is 496 g/mol. The lowest BCUT2D eigenvalue weighted by atomic mass is 10.2. The Morgan fingerprint density at radius 2 is 0.973 bits per heavy atom. The number of hydrogen-bond donors (Lipinski definition) is 0. The average molecular weight is 515 g/mol. The molecule has 0 atom stereocenters. The summed E-state index contributed by atoms with van der Waals surface area (Å²) in [6.45, 7) is 0. The summed E-state index contributed by atoms with van der Waals surface area (Å²) in [5.41, 5.74) is 1.95. The summed E-state index contributed by atoms with van der Waals surface area (Å²) < 4.78 is 26.0. The maximum Gasteiger partial charge on any atom is 0.270 e. The van der Waals surface area contributed by atoms with Crippen LogP contribution in [0.4, 0.5) is 22.7 Å². The van der Waals surface area contributed by atoms with Crippen LogP contribution in [0, 0.1) is 20.2 Å². The minimum Gasteiger partial charge on any atom is -0.258 e. The molecule has 4 aromatic rings. The third-order valence-electron chi connectivity index (χ3n) is 5.18. The van der Waals surface area contributed by atoms with Gasteiger partial charge in [0.05, 0.1) is 31.0 Å². The van der Waals surface area contributed by atoms with E-state index in [1.54, 1.807) is 48.5 Å². The number of aliphatic imine (C=N–C) groups is 2. The molecule has 0 fully saturated rings. The molecule has 11 heteroatoms. The number of nitrogens with zero attached hydrogens (tertiary/aromatic N) is 4. The Hall–Kier alpha value is -5.03. The zero-order chi connectivity index (χ0) is 26.4. The van der Waals surface area contributed by atoms with E-state index in [1.165, 1.54) is 61.0 Å². The molecule has 0 aliphatic carbocycles. The summed E-state index contributed by atoms with van der Waals surface area (Å²) in [6, 6.07) is 23.9. The summed E-state index contributed by atoms with van der Waals surface area (Å²) >= 11 is 0. The molecule has 0 N–H and O–H groups in total. The molecule has 0 heterocycles. The number of nitro benzene ring substituents is 2. The van der Waals surface area contributed by atoms with E-state index in [0.717, 1.165) is 0 Å². The van der Waals surface area contributed by atoms with Gasteiger partial charge < -0.3 is 0 Å². The summed E-state index contributed by atoms with van der Waals surface area (Å²) in [6.07, 6.45) is 2.92. The van der Waals surface area contributed by atoms with Gasteiger partial charge in [-0.05, 0) is 59.7 Å². The number of benzene rings is 4. The zero-order valence-corrected chi connectivity index (χ0v) is 19.9. The number of nitro groups is 2. The SMILES string of the molecule is O=[N+]([O-])c1cccc(C=Nc2ccc(S(=O)(=O)c3ccc(N=Cc4cccc([N+](=O)[O-])c4)cc3)cc2)c1. The van der Waals surface area contributed by atoms with Crippen molar-refractivity contribution in [2.75, 3.05) is 0 Å². The van der Waals surface area contributed by atoms with E-state index in [2.05, 4.69) is 9.98 Å². The normalized spacial score (nSPS) is 11.7. The molecule has 0 saturated heterocycles. The van der Waals surface area contributed by atoms with Crippen molar-refractivity contribution in [2.24, 2.45) is 9.98 Å². The number of non-ortho nitro benzene ring substituents is 2. The van der Waals surface area contributed by atoms with Crippen LogP contribution in [0.15, 0.2) is 117 Å². The van der Waals surface area contributed by atoms with Crippen molar-refractivity contribution < 1.29 is 18.3 Å². The van der Waals surface area contributed by atoms with E-state index < -0.39 is 19.7 Å². The Morgan fingerprint density at radius 1 is 0.595 bits per heavy atom. The predicted molar refractivity (Wildman–Crippen MR) is 139 cm³/mol. The van der Waals surface area contributed by atoms with Crippen LogP contribution in [0.1, 0.15) is 11.1 Å². The molecule has 0 amide bonds. The number of hydrogen-bond acceptors (Lipinski definition) is 8. The lowest BCUT2D eigenvalue weighted by Gasteiger charge is -2.05. The Labute approximate surface area is 211 Å². The third-order valence-corrected chi connectivity index (χ3v) is 6.97. The first kappa shape index (κ1) is 25.1. The van der Waals surface area contributed by atoms with Crippen molar-refractivity contribution in [3.05, 3.63) is 128 Å². The van der Waals surface area contributed by atoms with Crippen molar-refractivity contribution in [1.29, 1.82) is 0 Å². The molecule has 0 unspecified atom stereocenters. The Bertz CT molecular complexity index is 1510. The van der Waals surface area contributed by atoms with Crippen molar-refractivity contribution >= 4 is 45.0 Å². The first-order chi connectivity index (χ1) is 17.7. The van der Waals surface area contributed by atoms with Crippen LogP contribution in [0.25, 0.3) is 0 Å². The molecule has 0 aliphatic rings. The highest BCUT2D eigenvalue weighted by atomic mass is 32.2. The van der Waals surface area contributed by atoms with Gasteiger partial charge in [-0.2, -0.15) is 0 Å². The van der Waals surface area contributed by atoms with E-state index in [9.17, 15) is 28.6 Å². The molecule has 4 aromatic carbocycles. The Morgan fingerprint density at radius 3 is 1.32 bits per heavy atom. The maximum absolute atomic E-state index is 13.0. The third kappa shape index (κ3) is 6.16. The molecule has 37 heavy (non-hydrogen) atoms. The van der Waals surface area contributed by atoms with Crippen LogP contribution in [0.2, 0.25) is 0 Å². The number of rotatable bonds is 8. The van der Waals surface area contributed by atoms with Gasteiger partial charge in [-0.25, -0.2) is 8.42 Å². The highest BCUT2D eigenvalue weighted by molar-refractivity contribution is 7.91. The standard InChI is InChI=1S/C26H18N4O6S/c31-29(32)23-5-1-3-19(15-23)17-27-21-7-11-25(12-8-21)37(35,36)26-13-9-22(10-14-26)28-18-20-4-2-6-24(16-20)30(33)34/h1-18H. The summed E-state index contributed by atoms with van der Waals surface area (Å²) in [5.74, 6) is 0. The highest BCUT2D eigenvalue weighted by Gasteiger charge is 2.17. The van der Waals surface area contributed by atoms with Crippen LogP contribution in [0.5, 0.6) is 0 Å². The lowest BCUT2D eigenvalue weighted by molar-refractivity contribution is -0.385. The lowest BCUT2D eigenvalue weighted by Crippen LogP contribution is -2.01. The van der Waals surface area contributed by atoms with Crippen LogP contribution < -0.4 is 0 Å². The van der Waals surface area contributed by atoms with Crippen LogP contribution in [-0.4, -0.2) is 30.7 Å². The zero-order valence-electron chi connectivity index (χ0n) is 19.0. The van der Waals surface area contributed by atoms with E-state index in [0.29, 0.717) is 22.5 Å². The van der Waals surface area contributed by atoms with Crippen molar-refractivity contribution in [2.45, 2.75) is 9.79 Å². The predicted octanol–water partition coefficient (Wildman–Crippen LogP) is 5.84. The first-order valence-corrected chi connectivity index (χ1v) is 12.2. The summed E-state index contributed by atoms with van der Waals surface area (Å²) in [7, 11) is -3.79. The van der Waals surface area contributed by atoms with Crippen LogP contribution >= 0.6 is 0 Å². The molecular formula is C26H18N4O6S. The second kappa shape index (κ2) is 10.7. The maximum atomic E-state index is 13.0. The van der Waals surface area contributed by atoms with Crippen LogP contribution in [0.3, 0.4) is 0 Å². The fourth-order valence-corrected chi connectivity index (χ4v) is 4.56. The van der Waals surface area contributed by atoms with Crippen molar-refractivity contribution in [3.8, 4) is 0 Å². The fourth-order valence-electron chi connectivity index (χ4n) is 3.29. The van der Waals surface area contributed by atoms with Gasteiger partial charge in [0, 0.05) is 36.7 Å². The second-order valence-electron chi connectivity index (χ2n) is 7.71. The van der Waals surface area contributed by atoms with Gasteiger partial charge >= 0.3 is 0 Å². The Balaban J connectivity index is 1.47. The molecule has 4 rings (SSSR count). The molecule has 0 aliphatic heterocycles. The minimum atomic E-state index is -3.79. The van der Waals surface area contributed by atoms with Gasteiger partial charge in [-0.3, -0.25) is 30.2 Å². The fraction of sp³-hybridized carbons (Fsp3) is 0. The van der Waals surface area contributed by atoms with Gasteiger partial charge in [0.25, 0.3) is 11.4 Å². The van der Waals surface area contributed by atoms with E-state index in [1.807, 2.05) is 0 Å². The van der Waals surface area contributed by atoms with Gasteiger partial charge in [0.1, 0.15) is 0 Å². The number of sulfone groups is 1.